The molecule has 1 rings (SSSR count). The first kappa shape index (κ1) is 10.4. The molecule has 0 fully saturated rings. The fourth-order valence-electron chi connectivity index (χ4n) is 0.689. The van der Waals surface area contributed by atoms with Crippen LogP contribution in [0.2, 0.25) is 0 Å². The highest BCUT2D eigenvalue weighted by atomic mass is 79.9. The predicted octanol–water partition coefficient (Wildman–Crippen LogP) is 2.45. The number of halogens is 1. The van der Waals surface area contributed by atoms with E-state index in [1.54, 1.807) is 12.4 Å². The number of ether oxygens (including phenoxy) is 1. The van der Waals surface area contributed by atoms with E-state index in [9.17, 15) is 0 Å². The standard InChI is InChI=1S/C8H11NO.BrH/c1-7(2)10-8-4-3-5-9-6-8;/h3-7H,1-2H3;1H. The predicted molar refractivity (Wildman–Crippen MR) is 50.3 cm³/mol. The molecule has 11 heavy (non-hydrogen) atoms. The molecule has 3 heteroatoms. The summed E-state index contributed by atoms with van der Waals surface area (Å²) >= 11 is 0. The van der Waals surface area contributed by atoms with Crippen LogP contribution >= 0.6 is 17.0 Å². The monoisotopic (exact) mass is 217 g/mol. The molecule has 0 radical (unpaired) electrons. The number of hydrogen-bond acceptors (Lipinski definition) is 2. The molecule has 0 saturated carbocycles. The molecule has 0 unspecified atom stereocenters. The average Bonchev–Trinajstić information content (AvgIpc) is 1.88. The first-order chi connectivity index (χ1) is 4.79. The summed E-state index contributed by atoms with van der Waals surface area (Å²) in [6.07, 6.45) is 3.66. The third-order valence-electron chi connectivity index (χ3n) is 1.01. The Balaban J connectivity index is 0.000001000. The van der Waals surface area contributed by atoms with E-state index >= 15 is 0 Å². The van der Waals surface area contributed by atoms with E-state index in [4.69, 9.17) is 4.74 Å². The minimum atomic E-state index is 0. The molecule has 1 heterocycles. The Morgan fingerprint density at radius 3 is 2.64 bits per heavy atom. The van der Waals surface area contributed by atoms with Crippen molar-refractivity contribution in [1.82, 2.24) is 4.98 Å². The van der Waals surface area contributed by atoms with Crippen LogP contribution in [0.4, 0.5) is 0 Å². The van der Waals surface area contributed by atoms with Gasteiger partial charge < -0.3 is 4.74 Å². The van der Waals surface area contributed by atoms with Gasteiger partial charge in [0.1, 0.15) is 5.75 Å². The average molecular weight is 218 g/mol. The number of hydrogen-bond donors (Lipinski definition) is 0. The second kappa shape index (κ2) is 5.13. The lowest BCUT2D eigenvalue weighted by Crippen LogP contribution is -2.05. The van der Waals surface area contributed by atoms with Gasteiger partial charge in [0.2, 0.25) is 0 Å². The van der Waals surface area contributed by atoms with Gasteiger partial charge in [0, 0.05) is 6.20 Å². The third-order valence-corrected chi connectivity index (χ3v) is 1.01. The van der Waals surface area contributed by atoms with Crippen LogP contribution in [0.3, 0.4) is 0 Å². The lowest BCUT2D eigenvalue weighted by atomic mass is 10.4. The maximum atomic E-state index is 5.35. The van der Waals surface area contributed by atoms with Crippen molar-refractivity contribution in [1.29, 1.82) is 0 Å². The first-order valence-electron chi connectivity index (χ1n) is 3.35. The second-order valence-electron chi connectivity index (χ2n) is 2.36. The first-order valence-corrected chi connectivity index (χ1v) is 3.35. The van der Waals surface area contributed by atoms with Crippen LogP contribution in [-0.2, 0) is 0 Å². The highest BCUT2D eigenvalue weighted by molar-refractivity contribution is 8.93. The van der Waals surface area contributed by atoms with E-state index in [-0.39, 0.29) is 23.1 Å². The Morgan fingerprint density at radius 1 is 1.45 bits per heavy atom. The van der Waals surface area contributed by atoms with Crippen LogP contribution in [0.5, 0.6) is 5.75 Å². The molecule has 0 amide bonds. The Bertz CT molecular complexity index is 189. The minimum absolute atomic E-state index is 0. The molecule has 1 aromatic rings. The summed E-state index contributed by atoms with van der Waals surface area (Å²) in [6.45, 7) is 3.99. The minimum Gasteiger partial charge on any atom is -0.489 e. The molecule has 0 saturated heterocycles. The quantitative estimate of drug-likeness (QED) is 0.760. The maximum absolute atomic E-state index is 5.35. The summed E-state index contributed by atoms with van der Waals surface area (Å²) in [5.41, 5.74) is 0. The fraction of sp³-hybridized carbons (Fsp3) is 0.375. The van der Waals surface area contributed by atoms with Crippen molar-refractivity contribution in [3.63, 3.8) is 0 Å². The molecular weight excluding hydrogens is 206 g/mol. The molecule has 1 aromatic heterocycles. The zero-order chi connectivity index (χ0) is 7.40. The molecule has 0 bridgehead atoms. The van der Waals surface area contributed by atoms with Crippen LogP contribution in [0.1, 0.15) is 13.8 Å². The van der Waals surface area contributed by atoms with Gasteiger partial charge in [-0.2, -0.15) is 0 Å². The highest BCUT2D eigenvalue weighted by Gasteiger charge is 1.93. The van der Waals surface area contributed by atoms with E-state index in [0.29, 0.717) is 0 Å². The Kier molecular flexibility index (Phi) is 4.86. The molecule has 0 atom stereocenters. The van der Waals surface area contributed by atoms with Crippen molar-refractivity contribution in [2.75, 3.05) is 0 Å². The number of pyridine rings is 1. The van der Waals surface area contributed by atoms with Crippen molar-refractivity contribution in [3.8, 4) is 5.75 Å². The van der Waals surface area contributed by atoms with Gasteiger partial charge in [-0.15, -0.1) is 17.0 Å². The van der Waals surface area contributed by atoms with Crippen molar-refractivity contribution in [3.05, 3.63) is 24.5 Å². The SMILES string of the molecule is Br.CC(C)Oc1cccnc1. The van der Waals surface area contributed by atoms with Crippen molar-refractivity contribution >= 4 is 17.0 Å². The Hall–Kier alpha value is -0.570. The van der Waals surface area contributed by atoms with Gasteiger partial charge in [-0.25, -0.2) is 0 Å². The zero-order valence-corrected chi connectivity index (χ0v) is 8.36. The number of rotatable bonds is 2. The summed E-state index contributed by atoms with van der Waals surface area (Å²) < 4.78 is 5.35. The van der Waals surface area contributed by atoms with Gasteiger partial charge in [-0.1, -0.05) is 0 Å². The van der Waals surface area contributed by atoms with E-state index in [1.807, 2.05) is 26.0 Å². The normalized spacial score (nSPS) is 9.00. The van der Waals surface area contributed by atoms with Gasteiger partial charge in [0.05, 0.1) is 12.3 Å². The summed E-state index contributed by atoms with van der Waals surface area (Å²) in [4.78, 5) is 3.91. The highest BCUT2D eigenvalue weighted by Crippen LogP contribution is 2.07. The Labute approximate surface area is 77.4 Å². The molecule has 62 valence electrons. The van der Waals surface area contributed by atoms with Crippen LogP contribution in [0, 0.1) is 0 Å². The van der Waals surface area contributed by atoms with E-state index in [2.05, 4.69) is 4.98 Å². The van der Waals surface area contributed by atoms with Gasteiger partial charge >= 0.3 is 0 Å². The van der Waals surface area contributed by atoms with Gasteiger partial charge in [-0.05, 0) is 26.0 Å². The molecule has 0 aliphatic rings. The summed E-state index contributed by atoms with van der Waals surface area (Å²) in [5, 5.41) is 0. The number of aromatic nitrogens is 1. The van der Waals surface area contributed by atoms with Crippen molar-refractivity contribution in [2.24, 2.45) is 0 Å². The van der Waals surface area contributed by atoms with Gasteiger partial charge in [-0.3, -0.25) is 4.98 Å². The lowest BCUT2D eigenvalue weighted by molar-refractivity contribution is 0.241. The van der Waals surface area contributed by atoms with Crippen LogP contribution in [-0.4, -0.2) is 11.1 Å². The largest absolute Gasteiger partial charge is 0.489 e. The topological polar surface area (TPSA) is 22.1 Å². The third kappa shape index (κ3) is 3.98. The summed E-state index contributed by atoms with van der Waals surface area (Å²) in [6, 6.07) is 3.75. The van der Waals surface area contributed by atoms with E-state index in [1.165, 1.54) is 0 Å². The molecule has 0 aliphatic heterocycles. The fourth-order valence-corrected chi connectivity index (χ4v) is 0.689. The smallest absolute Gasteiger partial charge is 0.137 e. The molecular formula is C8H12BrNO. The molecule has 0 spiro atoms. The van der Waals surface area contributed by atoms with Crippen LogP contribution in [0.25, 0.3) is 0 Å². The van der Waals surface area contributed by atoms with Gasteiger partial charge in [0.25, 0.3) is 0 Å². The number of nitrogens with zero attached hydrogens (tertiary/aromatic N) is 1. The molecule has 0 N–H and O–H groups in total. The lowest BCUT2D eigenvalue weighted by Gasteiger charge is -2.07. The van der Waals surface area contributed by atoms with Crippen molar-refractivity contribution in [2.45, 2.75) is 20.0 Å². The van der Waals surface area contributed by atoms with Crippen LogP contribution in [0.15, 0.2) is 24.5 Å². The van der Waals surface area contributed by atoms with Gasteiger partial charge in [0.15, 0.2) is 0 Å². The molecule has 0 aromatic carbocycles. The van der Waals surface area contributed by atoms with Crippen molar-refractivity contribution < 1.29 is 4.74 Å². The van der Waals surface area contributed by atoms with E-state index in [0.717, 1.165) is 5.75 Å². The Morgan fingerprint density at radius 2 is 2.18 bits per heavy atom. The summed E-state index contributed by atoms with van der Waals surface area (Å²) in [7, 11) is 0. The van der Waals surface area contributed by atoms with E-state index < -0.39 is 0 Å². The second-order valence-corrected chi connectivity index (χ2v) is 2.36. The molecule has 2 nitrogen and oxygen atoms in total. The zero-order valence-electron chi connectivity index (χ0n) is 6.65. The maximum Gasteiger partial charge on any atom is 0.137 e. The van der Waals surface area contributed by atoms with Crippen LogP contribution < -0.4 is 4.74 Å². The molecule has 0 aliphatic carbocycles. The summed E-state index contributed by atoms with van der Waals surface area (Å²) in [5.74, 6) is 0.831.